The molecule has 0 amide bonds. The van der Waals surface area contributed by atoms with Crippen molar-refractivity contribution in [2.24, 2.45) is 4.99 Å². The van der Waals surface area contributed by atoms with Crippen molar-refractivity contribution in [3.8, 4) is 0 Å². The number of hydrogen-bond donors (Lipinski definition) is 2. The number of nitrogens with zero attached hydrogens (tertiary/aromatic N) is 1. The molecule has 0 aromatic rings. The molecule has 0 rings (SSSR count). The normalized spacial score (nSPS) is 15.1. The highest BCUT2D eigenvalue weighted by molar-refractivity contribution is 5.99. The van der Waals surface area contributed by atoms with Crippen LogP contribution >= 0.6 is 0 Å². The van der Waals surface area contributed by atoms with Gasteiger partial charge >= 0.3 is 0 Å². The Morgan fingerprint density at radius 1 is 1.44 bits per heavy atom. The smallest absolute Gasteiger partial charge is 0.108 e. The van der Waals surface area contributed by atoms with Crippen LogP contribution in [0.3, 0.4) is 0 Å². The third-order valence-electron chi connectivity index (χ3n) is 1.81. The Balaban J connectivity index is 4.45. The molecular weight excluding hydrogens is 200 g/mol. The van der Waals surface area contributed by atoms with E-state index in [0.29, 0.717) is 12.3 Å². The fourth-order valence-corrected chi connectivity index (χ4v) is 1.02. The van der Waals surface area contributed by atoms with Gasteiger partial charge in [-0.3, -0.25) is 4.99 Å². The van der Waals surface area contributed by atoms with Crippen molar-refractivity contribution in [3.63, 3.8) is 0 Å². The molecule has 0 saturated carbocycles. The fourth-order valence-electron chi connectivity index (χ4n) is 1.02. The number of aliphatic hydroxyl groups excluding tert-OH is 1. The zero-order chi connectivity index (χ0) is 12.6. The van der Waals surface area contributed by atoms with E-state index in [1.54, 1.807) is 18.2 Å². The second-order valence-electron chi connectivity index (χ2n) is 4.48. The summed E-state index contributed by atoms with van der Waals surface area (Å²) in [6.45, 7) is 13.7. The van der Waals surface area contributed by atoms with Gasteiger partial charge in [0.05, 0.1) is 5.71 Å². The minimum Gasteiger partial charge on any atom is -0.385 e. The maximum atomic E-state index is 9.90. The van der Waals surface area contributed by atoms with Crippen LogP contribution < -0.4 is 5.32 Å². The van der Waals surface area contributed by atoms with Gasteiger partial charge in [-0.1, -0.05) is 25.3 Å². The molecule has 2 N–H and O–H groups in total. The molecule has 0 heterocycles. The molecule has 0 aromatic heterocycles. The van der Waals surface area contributed by atoms with Gasteiger partial charge in [0.25, 0.3) is 0 Å². The van der Waals surface area contributed by atoms with Crippen LogP contribution in [0.25, 0.3) is 0 Å². The van der Waals surface area contributed by atoms with Gasteiger partial charge in [0.2, 0.25) is 0 Å². The summed E-state index contributed by atoms with van der Waals surface area (Å²) in [6.07, 6.45) is 5.88. The average Bonchev–Trinajstić information content (AvgIpc) is 2.19. The van der Waals surface area contributed by atoms with Crippen LogP contribution in [0.5, 0.6) is 0 Å². The largest absolute Gasteiger partial charge is 0.385 e. The van der Waals surface area contributed by atoms with Gasteiger partial charge in [-0.2, -0.15) is 0 Å². The molecule has 0 fully saturated rings. The SMILES string of the molecule is C=C/C=C\C(=N/C=C)C(O)CNC(C)(C)C. The summed E-state index contributed by atoms with van der Waals surface area (Å²) in [5.74, 6) is 0. The minimum absolute atomic E-state index is 0.0254. The molecule has 1 unspecified atom stereocenters. The molecule has 0 spiro atoms. The molecular formula is C13H22N2O. The van der Waals surface area contributed by atoms with E-state index in [4.69, 9.17) is 0 Å². The molecule has 0 bridgehead atoms. The molecule has 16 heavy (non-hydrogen) atoms. The molecule has 0 aromatic carbocycles. The summed E-state index contributed by atoms with van der Waals surface area (Å²) >= 11 is 0. The Kier molecular flexibility index (Phi) is 6.61. The predicted molar refractivity (Wildman–Crippen MR) is 70.7 cm³/mol. The maximum absolute atomic E-state index is 9.90. The summed E-state index contributed by atoms with van der Waals surface area (Å²) in [5, 5.41) is 13.1. The summed E-state index contributed by atoms with van der Waals surface area (Å²) in [7, 11) is 0. The van der Waals surface area contributed by atoms with E-state index in [2.05, 4.69) is 23.5 Å². The standard InChI is InChI=1S/C13H22N2O/c1-6-8-9-11(14-7-2)12(16)10-15-13(3,4)5/h6-9,12,15-16H,1-2,10H2,3-5H3/b9-8-,14-11+. The van der Waals surface area contributed by atoms with Crippen molar-refractivity contribution in [2.45, 2.75) is 32.4 Å². The summed E-state index contributed by atoms with van der Waals surface area (Å²) in [5.41, 5.74) is 0.550. The lowest BCUT2D eigenvalue weighted by atomic mass is 10.1. The van der Waals surface area contributed by atoms with E-state index < -0.39 is 6.10 Å². The van der Waals surface area contributed by atoms with Crippen LogP contribution in [0.1, 0.15) is 20.8 Å². The van der Waals surface area contributed by atoms with Crippen LogP contribution in [0.15, 0.2) is 42.6 Å². The molecule has 3 nitrogen and oxygen atoms in total. The Labute approximate surface area is 98.3 Å². The fraction of sp³-hybridized carbons (Fsp3) is 0.462. The Bertz CT molecular complexity index is 285. The molecule has 1 atom stereocenters. The van der Waals surface area contributed by atoms with Crippen LogP contribution in [-0.4, -0.2) is 29.0 Å². The van der Waals surface area contributed by atoms with Gasteiger partial charge in [-0.05, 0) is 26.8 Å². The quantitative estimate of drug-likeness (QED) is 0.534. The number of allylic oxidation sites excluding steroid dienone is 2. The lowest BCUT2D eigenvalue weighted by Gasteiger charge is -2.22. The summed E-state index contributed by atoms with van der Waals surface area (Å²) in [4.78, 5) is 4.02. The highest BCUT2D eigenvalue weighted by Gasteiger charge is 2.14. The Morgan fingerprint density at radius 2 is 2.06 bits per heavy atom. The lowest BCUT2D eigenvalue weighted by Crippen LogP contribution is -2.43. The second kappa shape index (κ2) is 7.14. The molecule has 0 saturated heterocycles. The number of nitrogens with one attached hydrogen (secondary N) is 1. The number of aliphatic imine (C=N–C) groups is 1. The maximum Gasteiger partial charge on any atom is 0.108 e. The monoisotopic (exact) mass is 222 g/mol. The molecule has 0 aliphatic heterocycles. The van der Waals surface area contributed by atoms with Gasteiger partial charge in [0.15, 0.2) is 0 Å². The third kappa shape index (κ3) is 7.15. The number of hydrogen-bond acceptors (Lipinski definition) is 3. The first-order chi connectivity index (χ1) is 7.40. The van der Waals surface area contributed by atoms with E-state index in [-0.39, 0.29) is 5.54 Å². The van der Waals surface area contributed by atoms with E-state index in [1.165, 1.54) is 6.20 Å². The molecule has 0 aliphatic carbocycles. The number of aliphatic hydroxyl groups is 1. The third-order valence-corrected chi connectivity index (χ3v) is 1.81. The Morgan fingerprint density at radius 3 is 2.50 bits per heavy atom. The van der Waals surface area contributed by atoms with Crippen LogP contribution in [-0.2, 0) is 0 Å². The van der Waals surface area contributed by atoms with Crippen molar-refractivity contribution >= 4 is 5.71 Å². The first-order valence-corrected chi connectivity index (χ1v) is 5.31. The van der Waals surface area contributed by atoms with Crippen molar-refractivity contribution in [1.82, 2.24) is 5.32 Å². The molecule has 3 heteroatoms. The van der Waals surface area contributed by atoms with Crippen molar-refractivity contribution < 1.29 is 5.11 Å². The van der Waals surface area contributed by atoms with E-state index in [9.17, 15) is 5.11 Å². The first-order valence-electron chi connectivity index (χ1n) is 5.31. The van der Waals surface area contributed by atoms with Gasteiger partial charge < -0.3 is 10.4 Å². The van der Waals surface area contributed by atoms with Gasteiger partial charge in [0.1, 0.15) is 6.10 Å². The van der Waals surface area contributed by atoms with E-state index >= 15 is 0 Å². The van der Waals surface area contributed by atoms with Crippen molar-refractivity contribution in [1.29, 1.82) is 0 Å². The van der Waals surface area contributed by atoms with Crippen LogP contribution in [0.2, 0.25) is 0 Å². The van der Waals surface area contributed by atoms with Gasteiger partial charge in [-0.25, -0.2) is 0 Å². The predicted octanol–water partition coefficient (Wildman–Crippen LogP) is 2.06. The first kappa shape index (κ1) is 14.8. The average molecular weight is 222 g/mol. The molecule has 0 aliphatic rings. The minimum atomic E-state index is -0.645. The van der Waals surface area contributed by atoms with Crippen molar-refractivity contribution in [2.75, 3.05) is 6.54 Å². The summed E-state index contributed by atoms with van der Waals surface area (Å²) in [6, 6.07) is 0. The Hall–Kier alpha value is -1.19. The van der Waals surface area contributed by atoms with Gasteiger partial charge in [-0.15, -0.1) is 0 Å². The molecule has 0 radical (unpaired) electrons. The second-order valence-corrected chi connectivity index (χ2v) is 4.48. The van der Waals surface area contributed by atoms with E-state index in [0.717, 1.165) is 0 Å². The highest BCUT2D eigenvalue weighted by Crippen LogP contribution is 2.00. The van der Waals surface area contributed by atoms with Crippen LogP contribution in [0, 0.1) is 0 Å². The van der Waals surface area contributed by atoms with Gasteiger partial charge in [0, 0.05) is 18.3 Å². The zero-order valence-corrected chi connectivity index (χ0v) is 10.4. The van der Waals surface area contributed by atoms with Crippen LogP contribution in [0.4, 0.5) is 0 Å². The molecule has 90 valence electrons. The lowest BCUT2D eigenvalue weighted by molar-refractivity contribution is 0.222. The zero-order valence-electron chi connectivity index (χ0n) is 10.4. The number of β-amino-alcohol motifs (C(OH)–C–C–N with tert-alkyl or cyclic N) is 1. The van der Waals surface area contributed by atoms with E-state index in [1.807, 2.05) is 20.8 Å². The number of rotatable bonds is 6. The van der Waals surface area contributed by atoms with Crippen molar-refractivity contribution in [3.05, 3.63) is 37.6 Å². The highest BCUT2D eigenvalue weighted by atomic mass is 16.3. The summed E-state index contributed by atoms with van der Waals surface area (Å²) < 4.78 is 0. The topological polar surface area (TPSA) is 44.6 Å².